The smallest absolute Gasteiger partial charge is 0.408 e. The van der Waals surface area contributed by atoms with Gasteiger partial charge in [-0.2, -0.15) is 4.31 Å². The first kappa shape index (κ1) is 23.1. The van der Waals surface area contributed by atoms with E-state index in [-0.39, 0.29) is 19.0 Å². The number of hydrogen-bond acceptors (Lipinski definition) is 7. The van der Waals surface area contributed by atoms with Crippen molar-refractivity contribution in [2.45, 2.75) is 26.1 Å². The number of hydrogen-bond donors (Lipinski definition) is 3. The molecule has 1 amide bonds. The van der Waals surface area contributed by atoms with Crippen LogP contribution in [0.4, 0.5) is 10.6 Å². The highest BCUT2D eigenvalue weighted by molar-refractivity contribution is 7.88. The molecule has 1 heterocycles. The Morgan fingerprint density at radius 3 is 2.50 bits per heavy atom. The molecule has 0 aliphatic rings. The van der Waals surface area contributed by atoms with Gasteiger partial charge in [0.2, 0.25) is 10.0 Å². The first-order chi connectivity index (χ1) is 14.0. The van der Waals surface area contributed by atoms with Gasteiger partial charge in [0.25, 0.3) is 0 Å². The Bertz CT molecular complexity index is 977. The number of amides is 1. The van der Waals surface area contributed by atoms with Gasteiger partial charge in [-0.05, 0) is 30.2 Å². The maximum Gasteiger partial charge on any atom is 0.408 e. The maximum absolute atomic E-state index is 12.2. The number of carboxylic acids is 1. The fourth-order valence-electron chi connectivity index (χ4n) is 2.64. The van der Waals surface area contributed by atoms with E-state index in [1.165, 1.54) is 0 Å². The summed E-state index contributed by atoms with van der Waals surface area (Å²) in [5, 5.41) is 11.6. The molecule has 10 nitrogen and oxygen atoms in total. The Morgan fingerprint density at radius 2 is 1.93 bits per heavy atom. The van der Waals surface area contributed by atoms with E-state index >= 15 is 0 Å². The lowest BCUT2D eigenvalue weighted by Gasteiger charge is -2.24. The normalized spacial score (nSPS) is 12.4. The van der Waals surface area contributed by atoms with Crippen LogP contribution in [0.15, 0.2) is 42.5 Å². The van der Waals surface area contributed by atoms with Crippen LogP contribution in [0.25, 0.3) is 0 Å². The standard InChI is InChI=1S/C19H24N4O6S/c1-13-8-15(21-17(20)9-13)10-23(30(2,27)28)11-16(18(24)25)22-19(26)29-12-14-6-4-3-5-7-14/h3-9,16H,10-12H2,1-2H3,(H2,20,21)(H,22,26)(H,24,25)/t16-/m0/s1. The number of carbonyl (C=O) groups excluding carboxylic acids is 1. The number of aliphatic carboxylic acids is 1. The molecule has 1 aromatic carbocycles. The van der Waals surface area contributed by atoms with E-state index in [0.29, 0.717) is 5.69 Å². The number of carboxylic acid groups (broad SMARTS) is 1. The number of nitrogen functional groups attached to an aromatic ring is 1. The second-order valence-corrected chi connectivity index (χ2v) is 8.70. The number of anilines is 1. The topological polar surface area (TPSA) is 152 Å². The van der Waals surface area contributed by atoms with Crippen LogP contribution >= 0.6 is 0 Å². The van der Waals surface area contributed by atoms with Gasteiger partial charge in [0, 0.05) is 6.54 Å². The molecule has 162 valence electrons. The van der Waals surface area contributed by atoms with Gasteiger partial charge in [0.15, 0.2) is 0 Å². The van der Waals surface area contributed by atoms with E-state index in [2.05, 4.69) is 10.3 Å². The molecule has 0 saturated heterocycles. The molecule has 30 heavy (non-hydrogen) atoms. The van der Waals surface area contributed by atoms with Gasteiger partial charge in [-0.1, -0.05) is 30.3 Å². The summed E-state index contributed by atoms with van der Waals surface area (Å²) < 4.78 is 30.3. The van der Waals surface area contributed by atoms with E-state index in [4.69, 9.17) is 10.5 Å². The van der Waals surface area contributed by atoms with Crippen molar-refractivity contribution in [1.29, 1.82) is 0 Å². The second kappa shape index (κ2) is 10.0. The number of benzene rings is 1. The fraction of sp³-hybridized carbons (Fsp3) is 0.316. The van der Waals surface area contributed by atoms with Gasteiger partial charge in [-0.3, -0.25) is 0 Å². The highest BCUT2D eigenvalue weighted by Crippen LogP contribution is 2.12. The number of aryl methyl sites for hydroxylation is 1. The lowest BCUT2D eigenvalue weighted by Crippen LogP contribution is -2.49. The van der Waals surface area contributed by atoms with Crippen LogP contribution in [0.1, 0.15) is 16.8 Å². The molecule has 0 unspecified atom stereocenters. The molecule has 4 N–H and O–H groups in total. The zero-order valence-electron chi connectivity index (χ0n) is 16.6. The fourth-order valence-corrected chi connectivity index (χ4v) is 3.43. The Balaban J connectivity index is 2.08. The summed E-state index contributed by atoms with van der Waals surface area (Å²) in [6, 6.07) is 10.6. The Kier molecular flexibility index (Phi) is 7.72. The zero-order chi connectivity index (χ0) is 22.3. The third-order valence-electron chi connectivity index (χ3n) is 4.04. The zero-order valence-corrected chi connectivity index (χ0v) is 17.4. The molecule has 0 aliphatic carbocycles. The quantitative estimate of drug-likeness (QED) is 0.529. The number of ether oxygens (including phenoxy) is 1. The van der Waals surface area contributed by atoms with Crippen LogP contribution < -0.4 is 11.1 Å². The van der Waals surface area contributed by atoms with E-state index in [1.807, 2.05) is 0 Å². The van der Waals surface area contributed by atoms with Crippen LogP contribution in [0.2, 0.25) is 0 Å². The summed E-state index contributed by atoms with van der Waals surface area (Å²) >= 11 is 0. The summed E-state index contributed by atoms with van der Waals surface area (Å²) in [5.74, 6) is -1.19. The molecule has 2 aromatic rings. The van der Waals surface area contributed by atoms with Crippen LogP contribution in [-0.4, -0.2) is 53.7 Å². The minimum absolute atomic E-state index is 0.0543. The van der Waals surface area contributed by atoms with Crippen molar-refractivity contribution in [1.82, 2.24) is 14.6 Å². The predicted molar refractivity (Wildman–Crippen MR) is 110 cm³/mol. The van der Waals surface area contributed by atoms with Crippen LogP contribution in [0.3, 0.4) is 0 Å². The maximum atomic E-state index is 12.2. The molecule has 2 rings (SSSR count). The van der Waals surface area contributed by atoms with Crippen molar-refractivity contribution in [3.63, 3.8) is 0 Å². The van der Waals surface area contributed by atoms with Gasteiger partial charge in [0.05, 0.1) is 18.5 Å². The van der Waals surface area contributed by atoms with E-state index in [9.17, 15) is 23.1 Å². The Hall–Kier alpha value is -3.18. The minimum atomic E-state index is -3.81. The number of pyridine rings is 1. The lowest BCUT2D eigenvalue weighted by atomic mass is 10.2. The third kappa shape index (κ3) is 7.33. The molecule has 0 aliphatic heterocycles. The van der Waals surface area contributed by atoms with Gasteiger partial charge in [0.1, 0.15) is 18.5 Å². The molecule has 0 bridgehead atoms. The molecule has 0 radical (unpaired) electrons. The Labute approximate surface area is 174 Å². The first-order valence-corrected chi connectivity index (χ1v) is 10.8. The lowest BCUT2D eigenvalue weighted by molar-refractivity contribution is -0.139. The summed E-state index contributed by atoms with van der Waals surface area (Å²) in [7, 11) is -3.81. The number of nitrogens with two attached hydrogens (primary N) is 1. The monoisotopic (exact) mass is 436 g/mol. The highest BCUT2D eigenvalue weighted by atomic mass is 32.2. The predicted octanol–water partition coefficient (Wildman–Crippen LogP) is 1.11. The van der Waals surface area contributed by atoms with E-state index in [0.717, 1.165) is 21.7 Å². The molecular formula is C19H24N4O6S. The number of rotatable bonds is 9. The van der Waals surface area contributed by atoms with Crippen molar-refractivity contribution in [3.05, 3.63) is 59.3 Å². The summed E-state index contributed by atoms with van der Waals surface area (Å²) in [4.78, 5) is 27.7. The number of aromatic nitrogens is 1. The van der Waals surface area contributed by atoms with Crippen molar-refractivity contribution in [2.24, 2.45) is 0 Å². The summed E-state index contributed by atoms with van der Waals surface area (Å²) in [6.45, 7) is 1.01. The highest BCUT2D eigenvalue weighted by Gasteiger charge is 2.28. The van der Waals surface area contributed by atoms with Gasteiger partial charge < -0.3 is 20.9 Å². The molecular weight excluding hydrogens is 412 g/mol. The number of carbonyl (C=O) groups is 2. The molecule has 0 fully saturated rings. The average Bonchev–Trinajstić information content (AvgIpc) is 2.64. The number of alkyl carbamates (subject to hydrolysis) is 1. The van der Waals surface area contributed by atoms with Gasteiger partial charge in [-0.15, -0.1) is 0 Å². The third-order valence-corrected chi connectivity index (χ3v) is 5.26. The van der Waals surface area contributed by atoms with Gasteiger partial charge in [-0.25, -0.2) is 23.0 Å². The first-order valence-electron chi connectivity index (χ1n) is 8.93. The van der Waals surface area contributed by atoms with Crippen molar-refractivity contribution in [3.8, 4) is 0 Å². The minimum Gasteiger partial charge on any atom is -0.480 e. The number of sulfonamides is 1. The molecule has 0 spiro atoms. The number of nitrogens with zero attached hydrogens (tertiary/aromatic N) is 2. The van der Waals surface area contributed by atoms with Crippen LogP contribution in [0.5, 0.6) is 0 Å². The van der Waals surface area contributed by atoms with Crippen molar-refractivity contribution in [2.75, 3.05) is 18.5 Å². The second-order valence-electron chi connectivity index (χ2n) is 6.71. The van der Waals surface area contributed by atoms with Crippen molar-refractivity contribution < 1.29 is 27.9 Å². The molecule has 1 atom stereocenters. The van der Waals surface area contributed by atoms with E-state index in [1.54, 1.807) is 49.4 Å². The molecule has 11 heteroatoms. The van der Waals surface area contributed by atoms with E-state index < -0.39 is 34.7 Å². The van der Waals surface area contributed by atoms with Crippen LogP contribution in [-0.2, 0) is 32.7 Å². The SMILES string of the molecule is Cc1cc(N)nc(CN(C[C@H](NC(=O)OCc2ccccc2)C(=O)O)S(C)(=O)=O)c1. The summed E-state index contributed by atoms with van der Waals surface area (Å²) in [5.41, 5.74) is 7.55. The average molecular weight is 436 g/mol. The summed E-state index contributed by atoms with van der Waals surface area (Å²) in [6.07, 6.45) is -0.0312. The molecule has 1 aromatic heterocycles. The largest absolute Gasteiger partial charge is 0.480 e. The van der Waals surface area contributed by atoms with Crippen molar-refractivity contribution >= 4 is 27.9 Å². The number of nitrogens with one attached hydrogen (secondary N) is 1. The van der Waals surface area contributed by atoms with Gasteiger partial charge >= 0.3 is 12.1 Å². The molecule has 0 saturated carbocycles. The van der Waals surface area contributed by atoms with Crippen LogP contribution in [0, 0.1) is 6.92 Å². The Morgan fingerprint density at radius 1 is 1.27 bits per heavy atom.